The zero-order valence-electron chi connectivity index (χ0n) is 20.8. The highest BCUT2D eigenvalue weighted by Crippen LogP contribution is 2.36. The Balaban J connectivity index is 1.83. The monoisotopic (exact) mass is 438 g/mol. The van der Waals surface area contributed by atoms with Crippen molar-refractivity contribution in [1.29, 1.82) is 0 Å². The predicted molar refractivity (Wildman–Crippen MR) is 130 cm³/mol. The molecule has 5 nitrogen and oxygen atoms in total. The molecule has 5 heteroatoms. The summed E-state index contributed by atoms with van der Waals surface area (Å²) < 4.78 is 5.56. The van der Waals surface area contributed by atoms with E-state index in [2.05, 4.69) is 66.2 Å². The first-order chi connectivity index (χ1) is 14.7. The van der Waals surface area contributed by atoms with Crippen LogP contribution in [0.15, 0.2) is 48.5 Å². The van der Waals surface area contributed by atoms with Crippen LogP contribution in [0.1, 0.15) is 83.3 Å². The summed E-state index contributed by atoms with van der Waals surface area (Å²) in [6.45, 7) is 17.4. The number of benzene rings is 2. The zero-order chi connectivity index (χ0) is 24.2. The Labute approximate surface area is 192 Å². The highest BCUT2D eigenvalue weighted by molar-refractivity contribution is 5.95. The molecule has 0 saturated heterocycles. The fraction of sp³-hybridized carbons (Fsp3) is 0.481. The van der Waals surface area contributed by atoms with E-state index in [-0.39, 0.29) is 28.8 Å². The van der Waals surface area contributed by atoms with Crippen molar-refractivity contribution in [2.75, 3.05) is 6.61 Å². The number of carbonyl (C=O) groups is 2. The lowest BCUT2D eigenvalue weighted by molar-refractivity contribution is -0.123. The number of hydrogen-bond acceptors (Lipinski definition) is 3. The highest BCUT2D eigenvalue weighted by atomic mass is 16.5. The van der Waals surface area contributed by atoms with Crippen LogP contribution in [-0.2, 0) is 15.6 Å². The maximum absolute atomic E-state index is 12.2. The molecule has 174 valence electrons. The van der Waals surface area contributed by atoms with Crippen LogP contribution in [0.25, 0.3) is 0 Å². The van der Waals surface area contributed by atoms with Crippen LogP contribution in [0.4, 0.5) is 0 Å². The molecule has 0 aliphatic rings. The van der Waals surface area contributed by atoms with Gasteiger partial charge in [-0.2, -0.15) is 0 Å². The van der Waals surface area contributed by atoms with Crippen LogP contribution >= 0.6 is 0 Å². The van der Waals surface area contributed by atoms with Gasteiger partial charge in [-0.3, -0.25) is 20.4 Å². The molecular weight excluding hydrogens is 400 g/mol. The molecular formula is C27H38N2O3. The third kappa shape index (κ3) is 7.70. The molecule has 0 heterocycles. The summed E-state index contributed by atoms with van der Waals surface area (Å²) in [5.41, 5.74) is 7.96. The van der Waals surface area contributed by atoms with Crippen LogP contribution in [-0.4, -0.2) is 18.4 Å². The smallest absolute Gasteiger partial charge is 0.276 e. The minimum Gasteiger partial charge on any atom is -0.484 e. The molecule has 2 amide bonds. The van der Waals surface area contributed by atoms with Crippen LogP contribution in [0, 0.1) is 5.41 Å². The Bertz CT molecular complexity index is 915. The van der Waals surface area contributed by atoms with Gasteiger partial charge < -0.3 is 4.74 Å². The molecule has 0 unspecified atom stereocenters. The van der Waals surface area contributed by atoms with Crippen LogP contribution < -0.4 is 15.6 Å². The van der Waals surface area contributed by atoms with Crippen molar-refractivity contribution in [2.24, 2.45) is 5.41 Å². The van der Waals surface area contributed by atoms with Gasteiger partial charge in [0.25, 0.3) is 11.8 Å². The van der Waals surface area contributed by atoms with Gasteiger partial charge in [-0.05, 0) is 58.1 Å². The maximum atomic E-state index is 12.2. The van der Waals surface area contributed by atoms with Crippen molar-refractivity contribution in [3.05, 3.63) is 65.2 Å². The maximum Gasteiger partial charge on any atom is 0.276 e. The van der Waals surface area contributed by atoms with Crippen molar-refractivity contribution < 1.29 is 14.3 Å². The lowest BCUT2D eigenvalue weighted by Gasteiger charge is -2.33. The Morgan fingerprint density at radius 2 is 1.28 bits per heavy atom. The largest absolute Gasteiger partial charge is 0.484 e. The standard InChI is InChI=1S/C27H38N2O3/c1-25(2,3)18-27(7,8)21-13-15-22(16-14-21)32-17-23(30)28-29-24(31)19-9-11-20(12-10-19)26(4,5)6/h9-16H,17-18H2,1-8H3,(H,28,30)(H,29,31). The summed E-state index contributed by atoms with van der Waals surface area (Å²) >= 11 is 0. The fourth-order valence-electron chi connectivity index (χ4n) is 3.94. The molecule has 0 bridgehead atoms. The number of amides is 2. The molecule has 2 N–H and O–H groups in total. The van der Waals surface area contributed by atoms with Crippen molar-refractivity contribution in [1.82, 2.24) is 10.9 Å². The predicted octanol–water partition coefficient (Wildman–Crippen LogP) is 5.54. The van der Waals surface area contributed by atoms with E-state index in [1.165, 1.54) is 5.56 Å². The lowest BCUT2D eigenvalue weighted by Crippen LogP contribution is -2.43. The Hall–Kier alpha value is -2.82. The summed E-state index contributed by atoms with van der Waals surface area (Å²) in [5, 5.41) is 0. The van der Waals surface area contributed by atoms with Crippen LogP contribution in [0.3, 0.4) is 0 Å². The van der Waals surface area contributed by atoms with E-state index >= 15 is 0 Å². The molecule has 2 rings (SSSR count). The SMILES string of the molecule is CC(C)(C)CC(C)(C)c1ccc(OCC(=O)NNC(=O)c2ccc(C(C)(C)C)cc2)cc1. The molecule has 0 fully saturated rings. The van der Waals surface area contributed by atoms with Gasteiger partial charge in [-0.1, -0.05) is 79.7 Å². The molecule has 0 aromatic heterocycles. The van der Waals surface area contributed by atoms with Gasteiger partial charge in [0.2, 0.25) is 0 Å². The molecule has 0 saturated carbocycles. The number of carbonyl (C=O) groups excluding carboxylic acids is 2. The first-order valence-corrected chi connectivity index (χ1v) is 11.1. The normalized spacial score (nSPS) is 12.2. The molecule has 0 aliphatic heterocycles. The summed E-state index contributed by atoms with van der Waals surface area (Å²) in [6, 6.07) is 15.2. The third-order valence-corrected chi connectivity index (χ3v) is 5.31. The fourth-order valence-corrected chi connectivity index (χ4v) is 3.94. The van der Waals surface area contributed by atoms with E-state index in [1.54, 1.807) is 12.1 Å². The molecule has 0 spiro atoms. The average Bonchev–Trinajstić information content (AvgIpc) is 2.68. The molecule has 2 aromatic rings. The highest BCUT2D eigenvalue weighted by Gasteiger charge is 2.27. The van der Waals surface area contributed by atoms with Crippen LogP contribution in [0.2, 0.25) is 0 Å². The summed E-state index contributed by atoms with van der Waals surface area (Å²) in [7, 11) is 0. The summed E-state index contributed by atoms with van der Waals surface area (Å²) in [6.07, 6.45) is 1.06. The summed E-state index contributed by atoms with van der Waals surface area (Å²) in [4.78, 5) is 24.3. The number of hydrogen-bond donors (Lipinski definition) is 2. The van der Waals surface area contributed by atoms with Crippen LogP contribution in [0.5, 0.6) is 5.75 Å². The molecule has 0 radical (unpaired) electrons. The number of hydrazine groups is 1. The van der Waals surface area contributed by atoms with Gasteiger partial charge >= 0.3 is 0 Å². The van der Waals surface area contributed by atoms with Crippen molar-refractivity contribution in [3.63, 3.8) is 0 Å². The first kappa shape index (κ1) is 25.4. The Morgan fingerprint density at radius 3 is 1.78 bits per heavy atom. The average molecular weight is 439 g/mol. The van der Waals surface area contributed by atoms with E-state index in [0.717, 1.165) is 12.0 Å². The molecule has 32 heavy (non-hydrogen) atoms. The Kier molecular flexibility index (Phi) is 7.76. The topological polar surface area (TPSA) is 67.4 Å². The second kappa shape index (κ2) is 9.76. The van der Waals surface area contributed by atoms with Crippen molar-refractivity contribution in [3.8, 4) is 5.75 Å². The lowest BCUT2D eigenvalue weighted by atomic mass is 9.72. The van der Waals surface area contributed by atoms with E-state index < -0.39 is 5.91 Å². The van der Waals surface area contributed by atoms with Gasteiger partial charge in [-0.25, -0.2) is 0 Å². The van der Waals surface area contributed by atoms with Gasteiger partial charge in [0.05, 0.1) is 0 Å². The number of rotatable bonds is 6. The van der Waals surface area contributed by atoms with Gasteiger partial charge in [0.15, 0.2) is 6.61 Å². The van der Waals surface area contributed by atoms with Gasteiger partial charge in [0.1, 0.15) is 5.75 Å². The van der Waals surface area contributed by atoms with Crippen molar-refractivity contribution in [2.45, 2.75) is 72.6 Å². The molecule has 2 aromatic carbocycles. The Morgan fingerprint density at radius 1 is 0.750 bits per heavy atom. The molecule has 0 atom stereocenters. The quantitative estimate of drug-likeness (QED) is 0.582. The van der Waals surface area contributed by atoms with E-state index in [9.17, 15) is 9.59 Å². The van der Waals surface area contributed by atoms with E-state index in [1.807, 2.05) is 36.4 Å². The molecule has 0 aliphatic carbocycles. The van der Waals surface area contributed by atoms with Crippen molar-refractivity contribution >= 4 is 11.8 Å². The summed E-state index contributed by atoms with van der Waals surface area (Å²) in [5.74, 6) is -0.189. The minimum atomic E-state index is -0.429. The van der Waals surface area contributed by atoms with E-state index in [0.29, 0.717) is 11.3 Å². The van der Waals surface area contributed by atoms with Gasteiger partial charge in [-0.15, -0.1) is 0 Å². The second-order valence-electron chi connectivity index (χ2n) is 11.3. The van der Waals surface area contributed by atoms with E-state index in [4.69, 9.17) is 4.74 Å². The van der Waals surface area contributed by atoms with Gasteiger partial charge in [0, 0.05) is 5.56 Å². The first-order valence-electron chi connectivity index (χ1n) is 11.1. The zero-order valence-corrected chi connectivity index (χ0v) is 20.8. The second-order valence-corrected chi connectivity index (χ2v) is 11.3. The third-order valence-electron chi connectivity index (χ3n) is 5.31. The number of nitrogens with one attached hydrogen (secondary N) is 2. The number of ether oxygens (including phenoxy) is 1. The minimum absolute atomic E-state index is 0.0150.